The first-order valence-electron chi connectivity index (χ1n) is 5.87. The number of hydrogen-bond acceptors (Lipinski definition) is 2. The number of rotatable bonds is 4. The average molecular weight is 268 g/mol. The van der Waals surface area contributed by atoms with Crippen LogP contribution in [-0.4, -0.2) is 34.6 Å². The van der Waals surface area contributed by atoms with E-state index >= 15 is 0 Å². The van der Waals surface area contributed by atoms with E-state index in [0.717, 1.165) is 4.90 Å². The molecule has 19 heavy (non-hydrogen) atoms. The van der Waals surface area contributed by atoms with E-state index in [1.165, 1.54) is 12.1 Å². The van der Waals surface area contributed by atoms with E-state index in [-0.39, 0.29) is 6.04 Å². The van der Waals surface area contributed by atoms with Crippen molar-refractivity contribution in [2.45, 2.75) is 26.8 Å². The molecule has 0 aliphatic rings. The maximum absolute atomic E-state index is 13.3. The summed E-state index contributed by atoms with van der Waals surface area (Å²) in [4.78, 5) is 23.9. The molecule has 0 saturated heterocycles. The Bertz CT molecular complexity index is 489. The van der Waals surface area contributed by atoms with Crippen LogP contribution in [0, 0.1) is 12.7 Å². The molecule has 5 nitrogen and oxygen atoms in total. The molecular formula is C13H17FN2O3. The Morgan fingerprint density at radius 3 is 2.58 bits per heavy atom. The van der Waals surface area contributed by atoms with Crippen LogP contribution in [0.3, 0.4) is 0 Å². The lowest BCUT2D eigenvalue weighted by Gasteiger charge is -2.25. The molecular weight excluding hydrogens is 251 g/mol. The molecule has 1 aromatic rings. The van der Waals surface area contributed by atoms with Gasteiger partial charge in [-0.1, -0.05) is 6.07 Å². The molecule has 0 fully saturated rings. The largest absolute Gasteiger partial charge is 0.480 e. The minimum Gasteiger partial charge on any atom is -0.480 e. The van der Waals surface area contributed by atoms with Crippen LogP contribution in [0.1, 0.15) is 19.4 Å². The molecule has 0 atom stereocenters. The number of hydrogen-bond donors (Lipinski definition) is 2. The number of nitrogens with zero attached hydrogens (tertiary/aromatic N) is 1. The summed E-state index contributed by atoms with van der Waals surface area (Å²) in [5, 5.41) is 11.3. The molecule has 1 rings (SSSR count). The SMILES string of the molecule is Cc1c(F)cccc1NC(=O)N(CC(=O)O)C(C)C. The van der Waals surface area contributed by atoms with Crippen molar-refractivity contribution in [1.29, 1.82) is 0 Å². The van der Waals surface area contributed by atoms with Crippen molar-refractivity contribution >= 4 is 17.7 Å². The van der Waals surface area contributed by atoms with Crippen molar-refractivity contribution < 1.29 is 19.1 Å². The maximum Gasteiger partial charge on any atom is 0.323 e. The first kappa shape index (κ1) is 14.9. The summed E-state index contributed by atoms with van der Waals surface area (Å²) in [7, 11) is 0. The molecule has 0 aliphatic heterocycles. The zero-order valence-electron chi connectivity index (χ0n) is 11.1. The van der Waals surface area contributed by atoms with E-state index in [1.807, 2.05) is 0 Å². The fraction of sp³-hybridized carbons (Fsp3) is 0.385. The molecule has 104 valence electrons. The van der Waals surface area contributed by atoms with Crippen molar-refractivity contribution in [3.05, 3.63) is 29.6 Å². The molecule has 2 N–H and O–H groups in total. The van der Waals surface area contributed by atoms with E-state index in [0.29, 0.717) is 11.3 Å². The number of carbonyl (C=O) groups excluding carboxylic acids is 1. The second kappa shape index (κ2) is 6.17. The Hall–Kier alpha value is -2.11. The van der Waals surface area contributed by atoms with Gasteiger partial charge in [0.1, 0.15) is 12.4 Å². The molecule has 0 aliphatic carbocycles. The lowest BCUT2D eigenvalue weighted by Crippen LogP contribution is -2.43. The minimum absolute atomic E-state index is 0.273. The van der Waals surface area contributed by atoms with Crippen LogP contribution >= 0.6 is 0 Å². The molecule has 0 aromatic heterocycles. The normalized spacial score (nSPS) is 10.4. The summed E-state index contributed by atoms with van der Waals surface area (Å²) >= 11 is 0. The van der Waals surface area contributed by atoms with Crippen molar-refractivity contribution in [2.24, 2.45) is 0 Å². The van der Waals surface area contributed by atoms with Gasteiger partial charge in [0.05, 0.1) is 0 Å². The van der Waals surface area contributed by atoms with Crippen LogP contribution < -0.4 is 5.32 Å². The molecule has 0 saturated carbocycles. The fourth-order valence-electron chi connectivity index (χ4n) is 1.56. The smallest absolute Gasteiger partial charge is 0.323 e. The zero-order chi connectivity index (χ0) is 14.6. The van der Waals surface area contributed by atoms with E-state index in [4.69, 9.17) is 5.11 Å². The van der Waals surface area contributed by atoms with Crippen LogP contribution in [0.2, 0.25) is 0 Å². The number of anilines is 1. The van der Waals surface area contributed by atoms with Gasteiger partial charge in [-0.15, -0.1) is 0 Å². The van der Waals surface area contributed by atoms with Gasteiger partial charge in [-0.05, 0) is 32.9 Å². The summed E-state index contributed by atoms with van der Waals surface area (Å²) in [5.74, 6) is -1.52. The van der Waals surface area contributed by atoms with Gasteiger partial charge in [-0.3, -0.25) is 4.79 Å². The van der Waals surface area contributed by atoms with Gasteiger partial charge in [0.25, 0.3) is 0 Å². The quantitative estimate of drug-likeness (QED) is 0.881. The van der Waals surface area contributed by atoms with Gasteiger partial charge in [-0.25, -0.2) is 9.18 Å². The van der Waals surface area contributed by atoms with Crippen LogP contribution in [0.4, 0.5) is 14.9 Å². The molecule has 0 bridgehead atoms. The van der Waals surface area contributed by atoms with Gasteiger partial charge in [-0.2, -0.15) is 0 Å². The highest BCUT2D eigenvalue weighted by Gasteiger charge is 2.20. The predicted molar refractivity (Wildman–Crippen MR) is 69.6 cm³/mol. The Labute approximate surface area is 111 Å². The Morgan fingerprint density at radius 1 is 1.42 bits per heavy atom. The van der Waals surface area contributed by atoms with Crippen molar-refractivity contribution in [3.8, 4) is 0 Å². The second-order valence-electron chi connectivity index (χ2n) is 4.46. The molecule has 0 unspecified atom stereocenters. The Kier molecular flexibility index (Phi) is 4.86. The maximum atomic E-state index is 13.3. The summed E-state index contributed by atoms with van der Waals surface area (Å²) in [6.07, 6.45) is 0. The summed E-state index contributed by atoms with van der Waals surface area (Å²) in [6, 6.07) is 3.50. The Morgan fingerprint density at radius 2 is 2.05 bits per heavy atom. The number of aliphatic carboxylic acids is 1. The highest BCUT2D eigenvalue weighted by molar-refractivity contribution is 5.92. The van der Waals surface area contributed by atoms with E-state index in [9.17, 15) is 14.0 Å². The van der Waals surface area contributed by atoms with Crippen molar-refractivity contribution in [3.63, 3.8) is 0 Å². The summed E-state index contributed by atoms with van der Waals surface area (Å²) < 4.78 is 13.3. The van der Waals surface area contributed by atoms with Crippen LogP contribution in [0.25, 0.3) is 0 Å². The standard InChI is InChI=1S/C13H17FN2O3/c1-8(2)16(7-12(17)18)13(19)15-11-6-4-5-10(14)9(11)3/h4-6,8H,7H2,1-3H3,(H,15,19)(H,17,18). The fourth-order valence-corrected chi connectivity index (χ4v) is 1.56. The average Bonchev–Trinajstić information content (AvgIpc) is 2.31. The number of nitrogens with one attached hydrogen (secondary N) is 1. The second-order valence-corrected chi connectivity index (χ2v) is 4.46. The van der Waals surface area contributed by atoms with E-state index < -0.39 is 24.4 Å². The predicted octanol–water partition coefficient (Wildman–Crippen LogP) is 2.46. The number of halogens is 1. The number of urea groups is 1. The number of amides is 2. The minimum atomic E-state index is -1.10. The van der Waals surface area contributed by atoms with E-state index in [2.05, 4.69) is 5.32 Å². The van der Waals surface area contributed by atoms with Crippen molar-refractivity contribution in [2.75, 3.05) is 11.9 Å². The number of carboxylic acids is 1. The van der Waals surface area contributed by atoms with Gasteiger partial charge >= 0.3 is 12.0 Å². The number of carboxylic acid groups (broad SMARTS) is 1. The molecule has 2 amide bonds. The Balaban J connectivity index is 2.87. The first-order chi connectivity index (χ1) is 8.82. The van der Waals surface area contributed by atoms with Crippen molar-refractivity contribution in [1.82, 2.24) is 4.90 Å². The number of benzene rings is 1. The number of carbonyl (C=O) groups is 2. The third kappa shape index (κ3) is 3.94. The van der Waals surface area contributed by atoms with Crippen LogP contribution in [0.5, 0.6) is 0 Å². The lowest BCUT2D eigenvalue weighted by molar-refractivity contribution is -0.137. The molecule has 0 heterocycles. The third-order valence-corrected chi connectivity index (χ3v) is 2.70. The van der Waals surface area contributed by atoms with Crippen LogP contribution in [0.15, 0.2) is 18.2 Å². The first-order valence-corrected chi connectivity index (χ1v) is 5.87. The zero-order valence-corrected chi connectivity index (χ0v) is 11.1. The van der Waals surface area contributed by atoms with Crippen LogP contribution in [-0.2, 0) is 4.79 Å². The lowest BCUT2D eigenvalue weighted by atomic mass is 10.2. The topological polar surface area (TPSA) is 69.6 Å². The summed E-state index contributed by atoms with van der Waals surface area (Å²) in [6.45, 7) is 4.56. The molecule has 0 radical (unpaired) electrons. The van der Waals surface area contributed by atoms with Gasteiger partial charge in [0.15, 0.2) is 0 Å². The highest BCUT2D eigenvalue weighted by Crippen LogP contribution is 2.18. The highest BCUT2D eigenvalue weighted by atomic mass is 19.1. The van der Waals surface area contributed by atoms with Gasteiger partial charge in [0.2, 0.25) is 0 Å². The molecule has 6 heteroatoms. The van der Waals surface area contributed by atoms with Gasteiger partial charge < -0.3 is 15.3 Å². The third-order valence-electron chi connectivity index (χ3n) is 2.70. The molecule has 0 spiro atoms. The van der Waals surface area contributed by atoms with Gasteiger partial charge in [0, 0.05) is 17.3 Å². The van der Waals surface area contributed by atoms with E-state index in [1.54, 1.807) is 26.8 Å². The monoisotopic (exact) mass is 268 g/mol. The molecule has 1 aromatic carbocycles. The summed E-state index contributed by atoms with van der Waals surface area (Å²) in [5.41, 5.74) is 0.649.